The number of hydrogen-bond donors (Lipinski definition) is 0. The molecule has 5 heteroatoms. The molecule has 2 heterocycles. The highest BCUT2D eigenvalue weighted by molar-refractivity contribution is 6.31. The summed E-state index contributed by atoms with van der Waals surface area (Å²) in [6.07, 6.45) is 3.20. The van der Waals surface area contributed by atoms with Gasteiger partial charge in [-0.25, -0.2) is 4.98 Å². The molecule has 0 aliphatic heterocycles. The summed E-state index contributed by atoms with van der Waals surface area (Å²) in [7, 11) is 0. The van der Waals surface area contributed by atoms with Gasteiger partial charge in [0.1, 0.15) is 11.8 Å². The monoisotopic (exact) mass is 232 g/mol. The number of rotatable bonds is 2. The van der Waals surface area contributed by atoms with Crippen molar-refractivity contribution in [1.29, 1.82) is 5.26 Å². The van der Waals surface area contributed by atoms with E-state index < -0.39 is 0 Å². The highest BCUT2D eigenvalue weighted by Gasteiger charge is 2.07. The quantitative estimate of drug-likeness (QED) is 0.797. The molecule has 80 valence electrons. The summed E-state index contributed by atoms with van der Waals surface area (Å²) in [6.45, 7) is 2.40. The van der Waals surface area contributed by atoms with Crippen LogP contribution in [0.5, 0.6) is 0 Å². The molecule has 0 atom stereocenters. The molecule has 4 nitrogen and oxygen atoms in total. The maximum absolute atomic E-state index is 8.90. The molecule has 0 spiro atoms. The van der Waals surface area contributed by atoms with Gasteiger partial charge in [-0.3, -0.25) is 4.68 Å². The summed E-state index contributed by atoms with van der Waals surface area (Å²) in [4.78, 5) is 3.99. The van der Waals surface area contributed by atoms with Crippen molar-refractivity contribution in [2.45, 2.75) is 13.5 Å². The fourth-order valence-electron chi connectivity index (χ4n) is 1.41. The lowest BCUT2D eigenvalue weighted by atomic mass is 10.2. The molecule has 0 aliphatic rings. The van der Waals surface area contributed by atoms with Crippen molar-refractivity contribution in [1.82, 2.24) is 14.8 Å². The number of halogens is 1. The molecule has 0 N–H and O–H groups in total. The summed E-state index contributed by atoms with van der Waals surface area (Å²) < 4.78 is 1.75. The fraction of sp³-hybridized carbons (Fsp3) is 0.182. The van der Waals surface area contributed by atoms with E-state index in [9.17, 15) is 0 Å². The van der Waals surface area contributed by atoms with Gasteiger partial charge in [0.05, 0.1) is 23.5 Å². The van der Waals surface area contributed by atoms with Crippen molar-refractivity contribution in [2.24, 2.45) is 0 Å². The average Bonchev–Trinajstić information content (AvgIpc) is 2.62. The molecule has 0 radical (unpaired) electrons. The van der Waals surface area contributed by atoms with Crippen LogP contribution in [0.25, 0.3) is 0 Å². The maximum atomic E-state index is 8.90. The number of aromatic nitrogens is 3. The first-order valence-electron chi connectivity index (χ1n) is 4.74. The standard InChI is InChI=1S/C11H9ClN4/c1-8-10(12)6-15-16(8)7-9-3-2-4-14-11(9)5-13/h2-4,6H,7H2,1H3. The Kier molecular flexibility index (Phi) is 2.88. The Bertz CT molecular complexity index is 553. The molecule has 2 aromatic rings. The topological polar surface area (TPSA) is 54.5 Å². The van der Waals surface area contributed by atoms with Crippen LogP contribution in [0.15, 0.2) is 24.5 Å². The Labute approximate surface area is 98.1 Å². The summed E-state index contributed by atoms with van der Waals surface area (Å²) in [5.41, 5.74) is 2.15. The third kappa shape index (κ3) is 1.90. The van der Waals surface area contributed by atoms with E-state index in [1.807, 2.05) is 13.0 Å². The van der Waals surface area contributed by atoms with E-state index in [0.29, 0.717) is 17.3 Å². The lowest BCUT2D eigenvalue weighted by Gasteiger charge is -2.05. The molecule has 0 bridgehead atoms. The number of hydrogen-bond acceptors (Lipinski definition) is 3. The molecule has 0 aliphatic carbocycles. The number of pyridine rings is 1. The first-order valence-corrected chi connectivity index (χ1v) is 5.12. The van der Waals surface area contributed by atoms with Crippen molar-refractivity contribution >= 4 is 11.6 Å². The van der Waals surface area contributed by atoms with Crippen molar-refractivity contribution in [3.63, 3.8) is 0 Å². The van der Waals surface area contributed by atoms with Crippen LogP contribution in [0.2, 0.25) is 5.02 Å². The van der Waals surface area contributed by atoms with Crippen LogP contribution >= 0.6 is 11.6 Å². The van der Waals surface area contributed by atoms with Crippen LogP contribution in [0.3, 0.4) is 0 Å². The molecule has 16 heavy (non-hydrogen) atoms. The minimum absolute atomic E-state index is 0.425. The molecule has 2 aromatic heterocycles. The second-order valence-corrected chi connectivity index (χ2v) is 3.77. The van der Waals surface area contributed by atoms with Crippen LogP contribution in [0.1, 0.15) is 17.0 Å². The molecule has 2 rings (SSSR count). The molecule has 0 saturated heterocycles. The Morgan fingerprint density at radius 3 is 3.00 bits per heavy atom. The molecule has 0 saturated carbocycles. The predicted molar refractivity (Wildman–Crippen MR) is 60.0 cm³/mol. The normalized spacial score (nSPS) is 10.1. The van der Waals surface area contributed by atoms with Gasteiger partial charge in [0.15, 0.2) is 0 Å². The smallest absolute Gasteiger partial charge is 0.145 e. The Hall–Kier alpha value is -1.86. The summed E-state index contributed by atoms with van der Waals surface area (Å²) >= 11 is 5.91. The molecule has 0 unspecified atom stereocenters. The predicted octanol–water partition coefficient (Wildman–Crippen LogP) is 2.16. The van der Waals surface area contributed by atoms with Crippen molar-refractivity contribution in [2.75, 3.05) is 0 Å². The van der Waals surface area contributed by atoms with Crippen LogP contribution in [0.4, 0.5) is 0 Å². The second kappa shape index (κ2) is 4.33. The minimum Gasteiger partial charge on any atom is -0.264 e. The van der Waals surface area contributed by atoms with Gasteiger partial charge in [-0.1, -0.05) is 17.7 Å². The number of nitriles is 1. The van der Waals surface area contributed by atoms with Gasteiger partial charge < -0.3 is 0 Å². The van der Waals surface area contributed by atoms with Gasteiger partial charge in [0, 0.05) is 11.8 Å². The third-order valence-corrected chi connectivity index (χ3v) is 2.73. The zero-order valence-corrected chi connectivity index (χ0v) is 9.44. The molecule has 0 amide bonds. The fourth-order valence-corrected chi connectivity index (χ4v) is 1.55. The maximum Gasteiger partial charge on any atom is 0.145 e. The largest absolute Gasteiger partial charge is 0.264 e. The molecule has 0 aromatic carbocycles. The zero-order chi connectivity index (χ0) is 11.5. The van der Waals surface area contributed by atoms with Gasteiger partial charge in [-0.2, -0.15) is 10.4 Å². The van der Waals surface area contributed by atoms with Gasteiger partial charge in [0.2, 0.25) is 0 Å². The van der Waals surface area contributed by atoms with Crippen LogP contribution in [0, 0.1) is 18.3 Å². The van der Waals surface area contributed by atoms with Gasteiger partial charge in [0.25, 0.3) is 0 Å². The second-order valence-electron chi connectivity index (χ2n) is 3.36. The molecular formula is C11H9ClN4. The first kappa shape index (κ1) is 10.7. The molecular weight excluding hydrogens is 224 g/mol. The van der Waals surface area contributed by atoms with Crippen LogP contribution in [-0.4, -0.2) is 14.8 Å². The number of nitrogens with zero attached hydrogens (tertiary/aromatic N) is 4. The summed E-state index contributed by atoms with van der Waals surface area (Å²) in [5.74, 6) is 0. The van der Waals surface area contributed by atoms with Gasteiger partial charge in [-0.15, -0.1) is 0 Å². The van der Waals surface area contributed by atoms with Gasteiger partial charge in [-0.05, 0) is 13.0 Å². The average molecular weight is 233 g/mol. The first-order chi connectivity index (χ1) is 7.72. The summed E-state index contributed by atoms with van der Waals surface area (Å²) in [6, 6.07) is 5.72. The van der Waals surface area contributed by atoms with E-state index in [-0.39, 0.29) is 0 Å². The lowest BCUT2D eigenvalue weighted by molar-refractivity contribution is 0.662. The minimum atomic E-state index is 0.425. The van der Waals surface area contributed by atoms with E-state index in [4.69, 9.17) is 16.9 Å². The van der Waals surface area contributed by atoms with E-state index in [1.54, 1.807) is 23.1 Å². The Morgan fingerprint density at radius 2 is 2.38 bits per heavy atom. The zero-order valence-electron chi connectivity index (χ0n) is 8.68. The Balaban J connectivity index is 2.35. The van der Waals surface area contributed by atoms with Gasteiger partial charge >= 0.3 is 0 Å². The Morgan fingerprint density at radius 1 is 1.56 bits per heavy atom. The van der Waals surface area contributed by atoms with Crippen molar-refractivity contribution in [3.05, 3.63) is 46.5 Å². The van der Waals surface area contributed by atoms with E-state index in [0.717, 1.165) is 11.3 Å². The third-order valence-electron chi connectivity index (χ3n) is 2.36. The lowest BCUT2D eigenvalue weighted by Crippen LogP contribution is -2.06. The highest BCUT2D eigenvalue weighted by atomic mass is 35.5. The molecule has 0 fully saturated rings. The van der Waals surface area contributed by atoms with Crippen molar-refractivity contribution < 1.29 is 0 Å². The summed E-state index contributed by atoms with van der Waals surface area (Å²) in [5, 5.41) is 13.7. The van der Waals surface area contributed by atoms with E-state index in [2.05, 4.69) is 16.2 Å². The van der Waals surface area contributed by atoms with Crippen LogP contribution in [-0.2, 0) is 6.54 Å². The highest BCUT2D eigenvalue weighted by Crippen LogP contribution is 2.15. The van der Waals surface area contributed by atoms with E-state index in [1.165, 1.54) is 0 Å². The van der Waals surface area contributed by atoms with E-state index >= 15 is 0 Å². The SMILES string of the molecule is Cc1c(Cl)cnn1Cc1cccnc1C#N. The van der Waals surface area contributed by atoms with Crippen molar-refractivity contribution in [3.8, 4) is 6.07 Å². The van der Waals surface area contributed by atoms with Crippen LogP contribution < -0.4 is 0 Å².